The quantitative estimate of drug-likeness (QED) is 0.262. The van der Waals surface area contributed by atoms with Crippen molar-refractivity contribution in [2.75, 3.05) is 36.2 Å². The van der Waals surface area contributed by atoms with Crippen LogP contribution in [-0.2, 0) is 16.1 Å². The van der Waals surface area contributed by atoms with Crippen LogP contribution in [0, 0.1) is 5.92 Å². The van der Waals surface area contributed by atoms with Crippen molar-refractivity contribution in [1.82, 2.24) is 24.3 Å². The van der Waals surface area contributed by atoms with E-state index in [1.54, 1.807) is 6.07 Å². The molecule has 1 saturated heterocycles. The Bertz CT molecular complexity index is 1700. The summed E-state index contributed by atoms with van der Waals surface area (Å²) in [4.78, 5) is 43.4. The lowest BCUT2D eigenvalue weighted by atomic mass is 10.1. The second-order valence-electron chi connectivity index (χ2n) is 12.2. The predicted molar refractivity (Wildman–Crippen MR) is 167 cm³/mol. The zero-order valence-electron chi connectivity index (χ0n) is 24.3. The molecule has 4 aromatic rings. The molecule has 3 fully saturated rings. The smallest absolute Gasteiger partial charge is 0.244 e. The molecule has 2 saturated carbocycles. The Hall–Kier alpha value is -4.02. The number of pyridine rings is 1. The maximum absolute atomic E-state index is 13.3. The fourth-order valence-corrected chi connectivity index (χ4v) is 6.41. The van der Waals surface area contributed by atoms with Gasteiger partial charge in [-0.1, -0.05) is 23.7 Å². The number of carbonyl (C=O) groups is 2. The molecule has 3 aliphatic rings. The number of anilines is 3. The van der Waals surface area contributed by atoms with Gasteiger partial charge in [-0.05, 0) is 86.9 Å². The molecule has 4 heterocycles. The summed E-state index contributed by atoms with van der Waals surface area (Å²) >= 11 is 6.13. The standard InChI is InChI=1S/C32H35ClN8O2/c1-39(2)26-8-9-41(32(26)43)27-12-22(19-6-7-19)16-40-17-24(37-31(27)40)15-34-28-14-29(36-18-35-28)38-30(42)13-21-11-25(21)20-4-3-5-23(33)10-20/h3-5,10,12,14,16-19,21,25-26H,6-9,11,13,15H2,1-2H3,(H2,34,35,36,38,42)/t21-,25-,26?/m1/s1. The van der Waals surface area contributed by atoms with Gasteiger partial charge in [0, 0.05) is 36.4 Å². The number of aromatic nitrogens is 4. The Labute approximate surface area is 255 Å². The average molecular weight is 599 g/mol. The van der Waals surface area contributed by atoms with E-state index in [9.17, 15) is 9.59 Å². The van der Waals surface area contributed by atoms with Gasteiger partial charge in [0.05, 0.1) is 24.0 Å². The van der Waals surface area contributed by atoms with Crippen molar-refractivity contribution in [2.24, 2.45) is 5.92 Å². The number of rotatable bonds is 10. The van der Waals surface area contributed by atoms with Gasteiger partial charge in [-0.15, -0.1) is 0 Å². The maximum Gasteiger partial charge on any atom is 0.244 e. The molecule has 11 heteroatoms. The lowest BCUT2D eigenvalue weighted by molar-refractivity contribution is -0.121. The Kier molecular flexibility index (Phi) is 7.26. The first-order valence-electron chi connectivity index (χ1n) is 14.9. The second-order valence-corrected chi connectivity index (χ2v) is 12.6. The largest absolute Gasteiger partial charge is 0.364 e. The lowest BCUT2D eigenvalue weighted by Gasteiger charge is -2.21. The molecule has 2 N–H and O–H groups in total. The summed E-state index contributed by atoms with van der Waals surface area (Å²) in [5.74, 6) is 2.34. The highest BCUT2D eigenvalue weighted by atomic mass is 35.5. The molecule has 1 aromatic carbocycles. The van der Waals surface area contributed by atoms with Crippen molar-refractivity contribution in [2.45, 2.75) is 56.5 Å². The first-order chi connectivity index (χ1) is 20.8. The Morgan fingerprint density at radius 3 is 2.67 bits per heavy atom. The van der Waals surface area contributed by atoms with Crippen molar-refractivity contribution < 1.29 is 9.59 Å². The summed E-state index contributed by atoms with van der Waals surface area (Å²) in [6.45, 7) is 1.12. The summed E-state index contributed by atoms with van der Waals surface area (Å²) in [7, 11) is 3.91. The summed E-state index contributed by atoms with van der Waals surface area (Å²) in [6, 6.07) is 11.6. The van der Waals surface area contributed by atoms with E-state index in [2.05, 4.69) is 43.3 Å². The Morgan fingerprint density at radius 1 is 1.07 bits per heavy atom. The number of carbonyl (C=O) groups excluding carboxylic acids is 2. The highest BCUT2D eigenvalue weighted by Gasteiger charge is 2.40. The molecule has 43 heavy (non-hydrogen) atoms. The van der Waals surface area contributed by atoms with Gasteiger partial charge in [-0.3, -0.25) is 14.5 Å². The number of imidazole rings is 1. The fourth-order valence-electron chi connectivity index (χ4n) is 6.21. The molecule has 0 spiro atoms. The van der Waals surface area contributed by atoms with Crippen LogP contribution in [-0.4, -0.2) is 62.7 Å². The van der Waals surface area contributed by atoms with Gasteiger partial charge in [-0.2, -0.15) is 0 Å². The van der Waals surface area contributed by atoms with Gasteiger partial charge < -0.3 is 19.9 Å². The van der Waals surface area contributed by atoms with Crippen LogP contribution >= 0.6 is 11.6 Å². The van der Waals surface area contributed by atoms with E-state index in [1.807, 2.05) is 48.3 Å². The monoisotopic (exact) mass is 598 g/mol. The van der Waals surface area contributed by atoms with E-state index in [0.29, 0.717) is 48.9 Å². The molecule has 2 aliphatic carbocycles. The molecule has 3 aromatic heterocycles. The van der Waals surface area contributed by atoms with Crippen molar-refractivity contribution in [3.63, 3.8) is 0 Å². The highest BCUT2D eigenvalue weighted by molar-refractivity contribution is 6.30. The van der Waals surface area contributed by atoms with Crippen molar-refractivity contribution in [3.05, 3.63) is 77.0 Å². The van der Waals surface area contributed by atoms with E-state index in [1.165, 1.54) is 30.3 Å². The molecule has 0 bridgehead atoms. The number of fused-ring (bicyclic) bond motifs is 1. The molecular weight excluding hydrogens is 564 g/mol. The van der Waals surface area contributed by atoms with Gasteiger partial charge in [0.1, 0.15) is 18.0 Å². The van der Waals surface area contributed by atoms with Crippen LogP contribution in [0.5, 0.6) is 0 Å². The van der Waals surface area contributed by atoms with Crippen LogP contribution in [0.15, 0.2) is 55.1 Å². The minimum absolute atomic E-state index is 0.0634. The number of amides is 2. The zero-order valence-corrected chi connectivity index (χ0v) is 25.1. The fraction of sp³-hybridized carbons (Fsp3) is 0.406. The van der Waals surface area contributed by atoms with E-state index < -0.39 is 0 Å². The Morgan fingerprint density at radius 2 is 1.91 bits per heavy atom. The number of hydrogen-bond donors (Lipinski definition) is 2. The van der Waals surface area contributed by atoms with Gasteiger partial charge in [0.15, 0.2) is 5.65 Å². The maximum atomic E-state index is 13.3. The number of likely N-dealkylation sites (N-methyl/N-ethyl adjacent to an activating group) is 1. The predicted octanol–water partition coefficient (Wildman–Crippen LogP) is 5.07. The molecular formula is C32H35ClN8O2. The van der Waals surface area contributed by atoms with Gasteiger partial charge in [-0.25, -0.2) is 15.0 Å². The third-order valence-electron chi connectivity index (χ3n) is 8.78. The van der Waals surface area contributed by atoms with Gasteiger partial charge in [0.2, 0.25) is 11.8 Å². The summed E-state index contributed by atoms with van der Waals surface area (Å²) < 4.78 is 2.05. The van der Waals surface area contributed by atoms with Crippen LogP contribution in [0.25, 0.3) is 5.65 Å². The molecule has 1 unspecified atom stereocenters. The molecule has 222 valence electrons. The average Bonchev–Trinajstić information content (AvgIpc) is 3.89. The lowest BCUT2D eigenvalue weighted by Crippen LogP contribution is -2.37. The Balaban J connectivity index is 1.01. The van der Waals surface area contributed by atoms with E-state index in [-0.39, 0.29) is 17.9 Å². The molecule has 7 rings (SSSR count). The first kappa shape index (κ1) is 27.8. The van der Waals surface area contributed by atoms with Crippen LogP contribution in [0.2, 0.25) is 5.02 Å². The minimum atomic E-state index is -0.109. The molecule has 1 aliphatic heterocycles. The summed E-state index contributed by atoms with van der Waals surface area (Å²) in [6.07, 6.45) is 10.2. The molecule has 2 amide bonds. The number of hydrogen-bond acceptors (Lipinski definition) is 7. The van der Waals surface area contributed by atoms with Gasteiger partial charge >= 0.3 is 0 Å². The van der Waals surface area contributed by atoms with Crippen molar-refractivity contribution in [3.8, 4) is 0 Å². The first-order valence-corrected chi connectivity index (χ1v) is 15.3. The van der Waals surface area contributed by atoms with Crippen LogP contribution in [0.4, 0.5) is 17.3 Å². The molecule has 0 radical (unpaired) electrons. The number of nitrogens with zero attached hydrogens (tertiary/aromatic N) is 6. The zero-order chi connectivity index (χ0) is 29.7. The topological polar surface area (TPSA) is 108 Å². The number of halogens is 1. The highest BCUT2D eigenvalue weighted by Crippen LogP contribution is 2.50. The molecule has 3 atom stereocenters. The van der Waals surface area contributed by atoms with Crippen LogP contribution in [0.3, 0.4) is 0 Å². The van der Waals surface area contributed by atoms with Crippen LogP contribution < -0.4 is 15.5 Å². The van der Waals surface area contributed by atoms with E-state index in [0.717, 1.165) is 34.9 Å². The molecule has 10 nitrogen and oxygen atoms in total. The normalized spacial score (nSPS) is 21.5. The third kappa shape index (κ3) is 5.94. The third-order valence-corrected chi connectivity index (χ3v) is 9.01. The van der Waals surface area contributed by atoms with E-state index >= 15 is 0 Å². The number of nitrogens with one attached hydrogen (secondary N) is 2. The minimum Gasteiger partial charge on any atom is -0.364 e. The SMILES string of the molecule is CN(C)C1CCN(c2cc(C3CC3)cn3cc(CNc4cc(NC(=O)C[C@H]5C[C@@H]5c5cccc(Cl)c5)ncn4)nc23)C1=O. The van der Waals surface area contributed by atoms with Crippen molar-refractivity contribution >= 4 is 46.4 Å². The summed E-state index contributed by atoms with van der Waals surface area (Å²) in [5, 5.41) is 6.95. The van der Waals surface area contributed by atoms with Crippen LogP contribution in [0.1, 0.15) is 60.8 Å². The summed E-state index contributed by atoms with van der Waals surface area (Å²) in [5.41, 5.74) is 4.93. The number of benzene rings is 1. The van der Waals surface area contributed by atoms with E-state index in [4.69, 9.17) is 16.6 Å². The van der Waals surface area contributed by atoms with Gasteiger partial charge in [0.25, 0.3) is 0 Å². The second kappa shape index (κ2) is 11.2. The van der Waals surface area contributed by atoms with Crippen molar-refractivity contribution in [1.29, 1.82) is 0 Å².